The largest absolute Gasteiger partial charge is 0.462 e. The minimum atomic E-state index is -0.358. The number of carbonyl (C=O) groups excluding carboxylic acids is 2. The molecule has 0 atom stereocenters. The smallest absolute Gasteiger partial charge is 0.341 e. The predicted molar refractivity (Wildman–Crippen MR) is 146 cm³/mol. The Morgan fingerprint density at radius 1 is 0.972 bits per heavy atom. The van der Waals surface area contributed by atoms with Gasteiger partial charge in [0.15, 0.2) is 0 Å². The summed E-state index contributed by atoms with van der Waals surface area (Å²) in [6, 6.07) is 15.9. The molecule has 6 heteroatoms. The zero-order valence-electron chi connectivity index (χ0n) is 20.9. The van der Waals surface area contributed by atoms with E-state index >= 15 is 0 Å². The minimum Gasteiger partial charge on any atom is -0.462 e. The molecule has 5 rings (SSSR count). The van der Waals surface area contributed by atoms with Crippen LogP contribution in [0.15, 0.2) is 48.5 Å². The Morgan fingerprint density at radius 2 is 1.72 bits per heavy atom. The maximum atomic E-state index is 13.9. The normalized spacial score (nSPS) is 13.2. The molecule has 1 amide bonds. The van der Waals surface area contributed by atoms with E-state index < -0.39 is 0 Å². The van der Waals surface area contributed by atoms with Crippen LogP contribution in [0.5, 0.6) is 0 Å². The number of rotatable bonds is 5. The predicted octanol–water partition coefficient (Wildman–Crippen LogP) is 7.28. The van der Waals surface area contributed by atoms with Gasteiger partial charge in [-0.3, -0.25) is 4.79 Å². The Morgan fingerprint density at radius 3 is 2.50 bits per heavy atom. The topological polar surface area (TPSA) is 68.3 Å². The molecule has 4 aromatic rings. The number of hydrogen-bond acceptors (Lipinski definition) is 5. The van der Waals surface area contributed by atoms with Crippen LogP contribution in [0.1, 0.15) is 68.5 Å². The van der Waals surface area contributed by atoms with Crippen LogP contribution in [-0.2, 0) is 17.6 Å². The highest BCUT2D eigenvalue weighted by Gasteiger charge is 2.28. The number of aryl methyl sites for hydroxylation is 2. The lowest BCUT2D eigenvalue weighted by Crippen LogP contribution is -2.17. The highest BCUT2D eigenvalue weighted by molar-refractivity contribution is 7.17. The van der Waals surface area contributed by atoms with Gasteiger partial charge in [0.05, 0.1) is 28.9 Å². The summed E-state index contributed by atoms with van der Waals surface area (Å²) in [5, 5.41) is 4.49. The molecule has 2 heterocycles. The molecule has 1 aliphatic rings. The molecule has 0 radical (unpaired) electrons. The average molecular weight is 499 g/mol. The summed E-state index contributed by atoms with van der Waals surface area (Å²) in [7, 11) is 0. The first-order valence-electron chi connectivity index (χ1n) is 12.6. The van der Waals surface area contributed by atoms with Gasteiger partial charge < -0.3 is 10.1 Å². The van der Waals surface area contributed by atoms with Gasteiger partial charge in [-0.05, 0) is 63.6 Å². The third-order valence-electron chi connectivity index (χ3n) is 6.82. The maximum Gasteiger partial charge on any atom is 0.341 e. The fourth-order valence-electron chi connectivity index (χ4n) is 5.01. The van der Waals surface area contributed by atoms with Crippen molar-refractivity contribution in [3.05, 3.63) is 81.2 Å². The fourth-order valence-corrected chi connectivity index (χ4v) is 6.28. The summed E-state index contributed by atoms with van der Waals surface area (Å²) in [4.78, 5) is 33.0. The Labute approximate surface area is 215 Å². The lowest BCUT2D eigenvalue weighted by Gasteiger charge is -2.15. The van der Waals surface area contributed by atoms with Gasteiger partial charge in [-0.1, -0.05) is 54.4 Å². The number of nitrogens with zero attached hydrogens (tertiary/aromatic N) is 1. The van der Waals surface area contributed by atoms with E-state index in [4.69, 9.17) is 9.72 Å². The van der Waals surface area contributed by atoms with E-state index in [1.807, 2.05) is 50.2 Å². The number of pyridine rings is 1. The van der Waals surface area contributed by atoms with Gasteiger partial charge >= 0.3 is 5.97 Å². The molecule has 0 aliphatic heterocycles. The maximum absolute atomic E-state index is 13.9. The summed E-state index contributed by atoms with van der Waals surface area (Å²) in [6.07, 6.45) is 5.05. The molecule has 0 saturated carbocycles. The summed E-state index contributed by atoms with van der Waals surface area (Å²) in [6.45, 7) is 6.09. The van der Waals surface area contributed by atoms with Gasteiger partial charge in [0.1, 0.15) is 5.00 Å². The van der Waals surface area contributed by atoms with E-state index in [0.717, 1.165) is 65.4 Å². The third-order valence-corrected chi connectivity index (χ3v) is 8.02. The van der Waals surface area contributed by atoms with Crippen molar-refractivity contribution in [2.45, 2.75) is 52.9 Å². The second kappa shape index (κ2) is 10.2. The van der Waals surface area contributed by atoms with Crippen LogP contribution < -0.4 is 5.32 Å². The molecule has 0 saturated heterocycles. The number of benzene rings is 2. The molecular formula is C30H30N2O3S. The zero-order valence-corrected chi connectivity index (χ0v) is 21.8. The highest BCUT2D eigenvalue weighted by atomic mass is 32.1. The van der Waals surface area contributed by atoms with Gasteiger partial charge in [-0.15, -0.1) is 11.3 Å². The first-order chi connectivity index (χ1) is 17.5. The summed E-state index contributed by atoms with van der Waals surface area (Å²) in [5.41, 5.74) is 6.64. The van der Waals surface area contributed by atoms with E-state index in [9.17, 15) is 9.59 Å². The van der Waals surface area contributed by atoms with Crippen molar-refractivity contribution >= 4 is 39.1 Å². The van der Waals surface area contributed by atoms with Crippen molar-refractivity contribution in [3.8, 4) is 11.3 Å². The molecule has 1 N–H and O–H groups in total. The van der Waals surface area contributed by atoms with Crippen LogP contribution in [-0.4, -0.2) is 23.5 Å². The Kier molecular flexibility index (Phi) is 6.88. The van der Waals surface area contributed by atoms with Crippen LogP contribution in [0, 0.1) is 13.8 Å². The second-order valence-electron chi connectivity index (χ2n) is 9.29. The number of hydrogen-bond donors (Lipinski definition) is 1. The van der Waals surface area contributed by atoms with Crippen molar-refractivity contribution in [3.63, 3.8) is 0 Å². The number of esters is 1. The van der Waals surface area contributed by atoms with Crippen LogP contribution in [0.25, 0.3) is 22.2 Å². The number of carbonyl (C=O) groups is 2. The number of ether oxygens (including phenoxy) is 1. The molecule has 0 fully saturated rings. The second-order valence-corrected chi connectivity index (χ2v) is 10.4. The molecule has 5 nitrogen and oxygen atoms in total. The van der Waals surface area contributed by atoms with Gasteiger partial charge in [0.25, 0.3) is 5.91 Å². The Hall–Kier alpha value is -3.51. The molecule has 184 valence electrons. The fraction of sp³-hybridized carbons (Fsp3) is 0.300. The number of amides is 1. The zero-order chi connectivity index (χ0) is 25.2. The SMILES string of the molecule is CCOC(=O)c1c(NC(=O)c2c(C)c(-c3ccc(C)cc3)nc3ccccc23)sc2c1CCCCC2. The van der Waals surface area contributed by atoms with E-state index in [0.29, 0.717) is 22.7 Å². The van der Waals surface area contributed by atoms with Crippen LogP contribution in [0.3, 0.4) is 0 Å². The summed E-state index contributed by atoms with van der Waals surface area (Å²) in [5.74, 6) is -0.592. The Balaban J connectivity index is 1.62. The van der Waals surface area contributed by atoms with Crippen molar-refractivity contribution in [2.75, 3.05) is 11.9 Å². The first kappa shape index (κ1) is 24.2. The molecule has 0 spiro atoms. The summed E-state index contributed by atoms with van der Waals surface area (Å²) < 4.78 is 5.41. The molecule has 2 aromatic heterocycles. The van der Waals surface area contributed by atoms with Gasteiger partial charge in [0, 0.05) is 15.8 Å². The monoisotopic (exact) mass is 498 g/mol. The number of nitrogens with one attached hydrogen (secondary N) is 1. The van der Waals surface area contributed by atoms with Gasteiger partial charge in [0.2, 0.25) is 0 Å². The third kappa shape index (κ3) is 4.53. The standard InChI is InChI=1S/C30H30N2O3S/c1-4-35-30(34)26-22-11-6-5-7-13-24(22)36-29(26)32-28(33)25-19(3)27(20-16-14-18(2)15-17-20)31-23-12-9-8-10-21(23)25/h8-10,12,14-17H,4-7,11,13H2,1-3H3,(H,32,33). The van der Waals surface area contributed by atoms with E-state index in [2.05, 4.69) is 17.4 Å². The molecule has 0 unspecified atom stereocenters. The summed E-state index contributed by atoms with van der Waals surface area (Å²) >= 11 is 1.52. The molecule has 0 bridgehead atoms. The van der Waals surface area contributed by atoms with Crippen LogP contribution >= 0.6 is 11.3 Å². The van der Waals surface area contributed by atoms with Gasteiger partial charge in [-0.25, -0.2) is 9.78 Å². The minimum absolute atomic E-state index is 0.235. The van der Waals surface area contributed by atoms with Crippen LogP contribution in [0.2, 0.25) is 0 Å². The number of fused-ring (bicyclic) bond motifs is 2. The van der Waals surface area contributed by atoms with E-state index in [1.165, 1.54) is 21.8 Å². The van der Waals surface area contributed by atoms with Crippen molar-refractivity contribution in [2.24, 2.45) is 0 Å². The number of aromatic nitrogens is 1. The molecule has 36 heavy (non-hydrogen) atoms. The molecule has 1 aliphatic carbocycles. The van der Waals surface area contributed by atoms with Gasteiger partial charge in [-0.2, -0.15) is 0 Å². The quantitative estimate of drug-likeness (QED) is 0.232. The lowest BCUT2D eigenvalue weighted by molar-refractivity contribution is 0.0527. The van der Waals surface area contributed by atoms with E-state index in [-0.39, 0.29) is 11.9 Å². The van der Waals surface area contributed by atoms with Crippen molar-refractivity contribution in [1.29, 1.82) is 0 Å². The molecular weight excluding hydrogens is 468 g/mol. The van der Waals surface area contributed by atoms with Crippen molar-refractivity contribution in [1.82, 2.24) is 4.98 Å². The number of para-hydroxylation sites is 1. The Bertz CT molecular complexity index is 1450. The highest BCUT2D eigenvalue weighted by Crippen LogP contribution is 2.39. The van der Waals surface area contributed by atoms with Crippen LogP contribution in [0.4, 0.5) is 5.00 Å². The number of anilines is 1. The van der Waals surface area contributed by atoms with Crippen molar-refractivity contribution < 1.29 is 14.3 Å². The lowest BCUT2D eigenvalue weighted by atomic mass is 9.96. The van der Waals surface area contributed by atoms with E-state index in [1.54, 1.807) is 6.92 Å². The number of thiophene rings is 1. The molecule has 2 aromatic carbocycles. The first-order valence-corrected chi connectivity index (χ1v) is 13.4. The average Bonchev–Trinajstić information content (AvgIpc) is 3.04.